The molecular formula is C30H36ClN3O5S. The summed E-state index contributed by atoms with van der Waals surface area (Å²) in [7, 11) is -2.67. The van der Waals surface area contributed by atoms with Crippen LogP contribution in [0.5, 0.6) is 5.75 Å². The lowest BCUT2D eigenvalue weighted by atomic mass is 10.1. The van der Waals surface area contributed by atoms with Crippen LogP contribution in [0.4, 0.5) is 5.69 Å². The lowest BCUT2D eigenvalue weighted by Crippen LogP contribution is -2.52. The van der Waals surface area contributed by atoms with Crippen LogP contribution in [0.25, 0.3) is 0 Å². The lowest BCUT2D eigenvalue weighted by molar-refractivity contribution is -0.140. The molecule has 0 saturated heterocycles. The van der Waals surface area contributed by atoms with E-state index >= 15 is 0 Å². The van der Waals surface area contributed by atoms with E-state index in [0.717, 1.165) is 16.3 Å². The van der Waals surface area contributed by atoms with Crippen molar-refractivity contribution >= 4 is 39.1 Å². The van der Waals surface area contributed by atoms with Crippen LogP contribution in [-0.2, 0) is 26.2 Å². The van der Waals surface area contributed by atoms with Gasteiger partial charge >= 0.3 is 0 Å². The van der Waals surface area contributed by atoms with E-state index in [0.29, 0.717) is 35.0 Å². The van der Waals surface area contributed by atoms with Gasteiger partial charge in [-0.3, -0.25) is 13.9 Å². The highest BCUT2D eigenvalue weighted by atomic mass is 35.5. The fourth-order valence-corrected chi connectivity index (χ4v) is 5.82. The third-order valence-corrected chi connectivity index (χ3v) is 8.64. The quantitative estimate of drug-likeness (QED) is 0.298. The molecule has 0 unspecified atom stereocenters. The average Bonchev–Trinajstić information content (AvgIpc) is 2.96. The van der Waals surface area contributed by atoms with Gasteiger partial charge in [-0.2, -0.15) is 0 Å². The van der Waals surface area contributed by atoms with Crippen molar-refractivity contribution in [3.05, 3.63) is 88.9 Å². The zero-order valence-electron chi connectivity index (χ0n) is 23.3. The van der Waals surface area contributed by atoms with Crippen LogP contribution < -0.4 is 14.4 Å². The number of methoxy groups -OCH3 is 1. The Bertz CT molecular complexity index is 1400. The van der Waals surface area contributed by atoms with E-state index < -0.39 is 28.5 Å². The largest absolute Gasteiger partial charge is 0.497 e. The van der Waals surface area contributed by atoms with E-state index in [1.165, 1.54) is 24.1 Å². The zero-order chi connectivity index (χ0) is 29.3. The van der Waals surface area contributed by atoms with Crippen LogP contribution in [-0.4, -0.2) is 51.4 Å². The number of rotatable bonds is 13. The number of hydrogen-bond donors (Lipinski definition) is 1. The minimum atomic E-state index is -4.16. The number of amides is 2. The van der Waals surface area contributed by atoms with Crippen molar-refractivity contribution in [3.8, 4) is 5.75 Å². The molecule has 3 rings (SSSR count). The molecule has 1 atom stereocenters. The molecule has 214 valence electrons. The SMILES string of the molecule is CCCNC(=O)[C@H](CC)N(Cc1ccccc1Cl)C(=O)CN(c1ccc(C)cc1)S(=O)(=O)c1ccc(OC)cc1. The number of aryl methyl sites for hydroxylation is 1. The number of benzene rings is 3. The van der Waals surface area contributed by atoms with Gasteiger partial charge in [0.25, 0.3) is 10.0 Å². The van der Waals surface area contributed by atoms with Crippen molar-refractivity contribution in [1.82, 2.24) is 10.2 Å². The molecule has 0 fully saturated rings. The number of sulfonamides is 1. The first-order chi connectivity index (χ1) is 19.1. The monoisotopic (exact) mass is 585 g/mol. The molecule has 0 aromatic heterocycles. The first-order valence-corrected chi connectivity index (χ1v) is 15.0. The second kappa shape index (κ2) is 14.2. The lowest BCUT2D eigenvalue weighted by Gasteiger charge is -2.33. The van der Waals surface area contributed by atoms with Gasteiger partial charge in [-0.25, -0.2) is 8.42 Å². The fourth-order valence-electron chi connectivity index (χ4n) is 4.21. The summed E-state index contributed by atoms with van der Waals surface area (Å²) in [4.78, 5) is 28.6. The predicted octanol–water partition coefficient (Wildman–Crippen LogP) is 5.19. The van der Waals surface area contributed by atoms with Crippen molar-refractivity contribution in [2.45, 2.75) is 51.1 Å². The van der Waals surface area contributed by atoms with Crippen molar-refractivity contribution in [2.24, 2.45) is 0 Å². The zero-order valence-corrected chi connectivity index (χ0v) is 24.8. The second-order valence-corrected chi connectivity index (χ2v) is 11.6. The summed E-state index contributed by atoms with van der Waals surface area (Å²) >= 11 is 6.42. The minimum absolute atomic E-state index is 0.00654. The van der Waals surface area contributed by atoms with E-state index in [-0.39, 0.29) is 17.3 Å². The third-order valence-electron chi connectivity index (χ3n) is 6.48. The Labute approximate surface area is 241 Å². The molecule has 0 spiro atoms. The molecule has 2 amide bonds. The van der Waals surface area contributed by atoms with Gasteiger partial charge in [0, 0.05) is 18.1 Å². The molecule has 0 aliphatic rings. The molecule has 1 N–H and O–H groups in total. The molecular weight excluding hydrogens is 550 g/mol. The number of ether oxygens (including phenoxy) is 1. The summed E-state index contributed by atoms with van der Waals surface area (Å²) in [5.74, 6) is -0.326. The molecule has 8 nitrogen and oxygen atoms in total. The molecule has 0 bridgehead atoms. The summed E-state index contributed by atoms with van der Waals surface area (Å²) in [6.45, 7) is 5.64. The van der Waals surface area contributed by atoms with Gasteiger partial charge in [-0.1, -0.05) is 61.3 Å². The molecule has 0 heterocycles. The number of anilines is 1. The van der Waals surface area contributed by atoms with Gasteiger partial charge < -0.3 is 15.0 Å². The van der Waals surface area contributed by atoms with Crippen LogP contribution in [0.3, 0.4) is 0 Å². The van der Waals surface area contributed by atoms with Crippen LogP contribution >= 0.6 is 11.6 Å². The molecule has 0 radical (unpaired) electrons. The summed E-state index contributed by atoms with van der Waals surface area (Å²) in [5.41, 5.74) is 1.92. The second-order valence-electron chi connectivity index (χ2n) is 9.35. The van der Waals surface area contributed by atoms with Crippen LogP contribution in [0, 0.1) is 6.92 Å². The number of carbonyl (C=O) groups excluding carboxylic acids is 2. The van der Waals surface area contributed by atoms with E-state index in [1.807, 2.05) is 20.8 Å². The van der Waals surface area contributed by atoms with Gasteiger partial charge in [-0.05, 0) is 67.8 Å². The Morgan fingerprint density at radius 2 is 1.62 bits per heavy atom. The van der Waals surface area contributed by atoms with Crippen molar-refractivity contribution in [1.29, 1.82) is 0 Å². The van der Waals surface area contributed by atoms with E-state index in [4.69, 9.17) is 16.3 Å². The van der Waals surface area contributed by atoms with Gasteiger partial charge in [0.2, 0.25) is 11.8 Å². The molecule has 10 heteroatoms. The Balaban J connectivity index is 2.05. The maximum Gasteiger partial charge on any atom is 0.264 e. The summed E-state index contributed by atoms with van der Waals surface area (Å²) in [6, 6.07) is 19.1. The summed E-state index contributed by atoms with van der Waals surface area (Å²) in [6.07, 6.45) is 1.07. The van der Waals surface area contributed by atoms with Crippen LogP contribution in [0.1, 0.15) is 37.8 Å². The van der Waals surface area contributed by atoms with Gasteiger partial charge in [0.15, 0.2) is 0 Å². The van der Waals surface area contributed by atoms with Crippen LogP contribution in [0.2, 0.25) is 5.02 Å². The maximum absolute atomic E-state index is 14.0. The molecule has 0 saturated carbocycles. The number of nitrogens with zero attached hydrogens (tertiary/aromatic N) is 2. The number of carbonyl (C=O) groups is 2. The highest BCUT2D eigenvalue weighted by molar-refractivity contribution is 7.92. The molecule has 3 aromatic rings. The summed E-state index contributed by atoms with van der Waals surface area (Å²) < 4.78 is 34.1. The fraction of sp³-hybridized carbons (Fsp3) is 0.333. The smallest absolute Gasteiger partial charge is 0.264 e. The molecule has 3 aromatic carbocycles. The first-order valence-electron chi connectivity index (χ1n) is 13.2. The summed E-state index contributed by atoms with van der Waals surface area (Å²) in [5, 5.41) is 3.32. The molecule has 0 aliphatic heterocycles. The maximum atomic E-state index is 14.0. The Morgan fingerprint density at radius 1 is 0.975 bits per heavy atom. The molecule has 40 heavy (non-hydrogen) atoms. The van der Waals surface area contributed by atoms with Crippen molar-refractivity contribution < 1.29 is 22.7 Å². The van der Waals surface area contributed by atoms with E-state index in [2.05, 4.69) is 5.32 Å². The number of halogens is 1. The van der Waals surface area contributed by atoms with E-state index in [1.54, 1.807) is 60.7 Å². The van der Waals surface area contributed by atoms with Gasteiger partial charge in [0.05, 0.1) is 17.7 Å². The van der Waals surface area contributed by atoms with Crippen molar-refractivity contribution in [2.75, 3.05) is 24.5 Å². The number of hydrogen-bond acceptors (Lipinski definition) is 5. The Kier molecular flexibility index (Phi) is 11.0. The highest BCUT2D eigenvalue weighted by Crippen LogP contribution is 2.27. The third kappa shape index (κ3) is 7.55. The minimum Gasteiger partial charge on any atom is -0.497 e. The highest BCUT2D eigenvalue weighted by Gasteiger charge is 2.33. The van der Waals surface area contributed by atoms with Gasteiger partial charge in [0.1, 0.15) is 18.3 Å². The predicted molar refractivity (Wildman–Crippen MR) is 158 cm³/mol. The van der Waals surface area contributed by atoms with Gasteiger partial charge in [-0.15, -0.1) is 0 Å². The standard InChI is InChI=1S/C30H36ClN3O5S/c1-5-19-32-30(36)28(6-2)33(20-23-9-7-8-10-27(23)31)29(35)21-34(24-13-11-22(3)12-14-24)40(37,38)26-17-15-25(39-4)16-18-26/h7-18,28H,5-6,19-21H2,1-4H3,(H,32,36)/t28-/m0/s1. The van der Waals surface area contributed by atoms with E-state index in [9.17, 15) is 18.0 Å². The normalized spacial score (nSPS) is 11.9. The number of nitrogens with one attached hydrogen (secondary N) is 1. The topological polar surface area (TPSA) is 96.0 Å². The Morgan fingerprint density at radius 3 is 2.20 bits per heavy atom. The first kappa shape index (κ1) is 31.0. The Hall–Kier alpha value is -3.56. The van der Waals surface area contributed by atoms with Crippen LogP contribution in [0.15, 0.2) is 77.7 Å². The van der Waals surface area contributed by atoms with Crippen molar-refractivity contribution in [3.63, 3.8) is 0 Å². The average molecular weight is 586 g/mol. The molecule has 0 aliphatic carbocycles.